The molecule has 108 valence electrons. The summed E-state index contributed by atoms with van der Waals surface area (Å²) in [5.74, 6) is 1.55. The molecule has 0 aliphatic carbocycles. The molecule has 20 heavy (non-hydrogen) atoms. The molecule has 2 fully saturated rings. The van der Waals surface area contributed by atoms with Crippen LogP contribution >= 0.6 is 0 Å². The molecular formula is C16H22N2O2. The predicted octanol–water partition coefficient (Wildman–Crippen LogP) is 1.91. The Hall–Kier alpha value is -1.55. The average molecular weight is 274 g/mol. The van der Waals surface area contributed by atoms with Crippen molar-refractivity contribution in [2.75, 3.05) is 26.2 Å². The van der Waals surface area contributed by atoms with Gasteiger partial charge < -0.3 is 15.0 Å². The second-order valence-electron chi connectivity index (χ2n) is 5.70. The summed E-state index contributed by atoms with van der Waals surface area (Å²) in [5, 5.41) is 3.48. The number of amides is 1. The molecule has 1 aromatic rings. The summed E-state index contributed by atoms with van der Waals surface area (Å²) in [6.07, 6.45) is 2.16. The number of nitrogens with zero attached hydrogens (tertiary/aromatic N) is 1. The first-order valence-corrected chi connectivity index (χ1v) is 7.53. The van der Waals surface area contributed by atoms with Crippen molar-refractivity contribution in [2.24, 2.45) is 5.92 Å². The SMILES string of the molecule is CCCOc1cccc(C(=O)N2C[C@@H]3CCN[C@@H]3C2)c1. The highest BCUT2D eigenvalue weighted by atomic mass is 16.5. The quantitative estimate of drug-likeness (QED) is 0.912. The summed E-state index contributed by atoms with van der Waals surface area (Å²) in [7, 11) is 0. The van der Waals surface area contributed by atoms with Gasteiger partial charge in [-0.3, -0.25) is 4.79 Å². The van der Waals surface area contributed by atoms with Gasteiger partial charge in [0.2, 0.25) is 0 Å². The maximum Gasteiger partial charge on any atom is 0.254 e. The van der Waals surface area contributed by atoms with Gasteiger partial charge in [0.1, 0.15) is 5.75 Å². The van der Waals surface area contributed by atoms with Crippen LogP contribution in [0.1, 0.15) is 30.1 Å². The number of fused-ring (bicyclic) bond motifs is 1. The van der Waals surface area contributed by atoms with E-state index in [1.165, 1.54) is 6.42 Å². The first-order valence-electron chi connectivity index (χ1n) is 7.53. The molecule has 2 heterocycles. The van der Waals surface area contributed by atoms with Crippen molar-refractivity contribution >= 4 is 5.91 Å². The van der Waals surface area contributed by atoms with Crippen LogP contribution in [0.15, 0.2) is 24.3 Å². The van der Waals surface area contributed by atoms with Gasteiger partial charge in [-0.25, -0.2) is 0 Å². The summed E-state index contributed by atoms with van der Waals surface area (Å²) in [4.78, 5) is 14.5. The minimum atomic E-state index is 0.128. The fraction of sp³-hybridized carbons (Fsp3) is 0.562. The Labute approximate surface area is 120 Å². The largest absolute Gasteiger partial charge is 0.494 e. The van der Waals surface area contributed by atoms with Crippen LogP contribution in [0.2, 0.25) is 0 Å². The minimum Gasteiger partial charge on any atom is -0.494 e. The molecule has 4 nitrogen and oxygen atoms in total. The first-order chi connectivity index (χ1) is 9.78. The van der Waals surface area contributed by atoms with Gasteiger partial charge in [0.05, 0.1) is 6.61 Å². The van der Waals surface area contributed by atoms with Gasteiger partial charge in [0, 0.05) is 24.7 Å². The minimum absolute atomic E-state index is 0.128. The molecule has 0 unspecified atom stereocenters. The van der Waals surface area contributed by atoms with Crippen molar-refractivity contribution in [1.29, 1.82) is 0 Å². The lowest BCUT2D eigenvalue weighted by molar-refractivity contribution is 0.0782. The van der Waals surface area contributed by atoms with Crippen molar-refractivity contribution in [3.8, 4) is 5.75 Å². The molecule has 2 aliphatic rings. The number of carbonyl (C=O) groups excluding carboxylic acids is 1. The van der Waals surface area contributed by atoms with E-state index in [9.17, 15) is 4.79 Å². The van der Waals surface area contributed by atoms with Gasteiger partial charge in [-0.05, 0) is 43.5 Å². The smallest absolute Gasteiger partial charge is 0.254 e. The molecule has 3 rings (SSSR count). The van der Waals surface area contributed by atoms with E-state index in [4.69, 9.17) is 4.74 Å². The normalized spacial score (nSPS) is 24.8. The number of benzene rings is 1. The van der Waals surface area contributed by atoms with E-state index in [0.29, 0.717) is 18.6 Å². The molecule has 2 saturated heterocycles. The van der Waals surface area contributed by atoms with E-state index < -0.39 is 0 Å². The third-order valence-corrected chi connectivity index (χ3v) is 4.20. The molecule has 0 aromatic heterocycles. The molecule has 0 saturated carbocycles. The summed E-state index contributed by atoms with van der Waals surface area (Å²) < 4.78 is 5.60. The zero-order valence-electron chi connectivity index (χ0n) is 12.0. The number of nitrogens with one attached hydrogen (secondary N) is 1. The van der Waals surface area contributed by atoms with Crippen molar-refractivity contribution in [2.45, 2.75) is 25.8 Å². The van der Waals surface area contributed by atoms with Crippen molar-refractivity contribution < 1.29 is 9.53 Å². The van der Waals surface area contributed by atoms with Crippen molar-refractivity contribution in [3.05, 3.63) is 29.8 Å². The highest BCUT2D eigenvalue weighted by Crippen LogP contribution is 2.26. The molecule has 0 radical (unpaired) electrons. The monoisotopic (exact) mass is 274 g/mol. The Bertz CT molecular complexity index is 477. The Morgan fingerprint density at radius 2 is 2.35 bits per heavy atom. The standard InChI is InChI=1S/C16H22N2O2/c1-2-8-20-14-5-3-4-12(9-14)16(19)18-10-13-6-7-17-15(13)11-18/h3-5,9,13,15,17H,2,6-8,10-11H2,1H3/t13-,15+/m0/s1. The number of likely N-dealkylation sites (tertiary alicyclic amines) is 1. The van der Waals surface area contributed by atoms with Gasteiger partial charge in [-0.1, -0.05) is 13.0 Å². The Morgan fingerprint density at radius 3 is 3.15 bits per heavy atom. The Morgan fingerprint density at radius 1 is 1.45 bits per heavy atom. The molecular weight excluding hydrogens is 252 g/mol. The second kappa shape index (κ2) is 5.83. The molecule has 0 bridgehead atoms. The van der Waals surface area contributed by atoms with Crippen LogP contribution in [0.25, 0.3) is 0 Å². The molecule has 1 N–H and O–H groups in total. The third kappa shape index (κ3) is 2.66. The van der Waals surface area contributed by atoms with Crippen LogP contribution in [-0.2, 0) is 0 Å². The first kappa shape index (κ1) is 13.4. The Kier molecular flexibility index (Phi) is 3.92. The summed E-state index contributed by atoms with van der Waals surface area (Å²) >= 11 is 0. The lowest BCUT2D eigenvalue weighted by Gasteiger charge is -2.18. The third-order valence-electron chi connectivity index (χ3n) is 4.20. The fourth-order valence-corrected chi connectivity index (χ4v) is 3.14. The summed E-state index contributed by atoms with van der Waals surface area (Å²) in [5.41, 5.74) is 0.735. The number of hydrogen-bond acceptors (Lipinski definition) is 3. The number of rotatable bonds is 4. The highest BCUT2D eigenvalue weighted by molar-refractivity contribution is 5.94. The molecule has 1 aromatic carbocycles. The number of hydrogen-bond donors (Lipinski definition) is 1. The van der Waals surface area contributed by atoms with E-state index in [1.807, 2.05) is 29.2 Å². The highest BCUT2D eigenvalue weighted by Gasteiger charge is 2.38. The molecule has 0 spiro atoms. The van der Waals surface area contributed by atoms with Crippen LogP contribution < -0.4 is 10.1 Å². The molecule has 2 aliphatic heterocycles. The van der Waals surface area contributed by atoms with Crippen molar-refractivity contribution in [1.82, 2.24) is 10.2 Å². The van der Waals surface area contributed by atoms with Gasteiger partial charge in [0.25, 0.3) is 5.91 Å². The lowest BCUT2D eigenvalue weighted by Crippen LogP contribution is -2.33. The van der Waals surface area contributed by atoms with Crippen LogP contribution in [0.5, 0.6) is 5.75 Å². The van der Waals surface area contributed by atoms with E-state index in [-0.39, 0.29) is 5.91 Å². The van der Waals surface area contributed by atoms with Crippen LogP contribution in [0.3, 0.4) is 0 Å². The summed E-state index contributed by atoms with van der Waals surface area (Å²) in [6.45, 7) is 5.58. The van der Waals surface area contributed by atoms with Gasteiger partial charge in [-0.15, -0.1) is 0 Å². The Balaban J connectivity index is 1.68. The fourth-order valence-electron chi connectivity index (χ4n) is 3.14. The van der Waals surface area contributed by atoms with Gasteiger partial charge >= 0.3 is 0 Å². The van der Waals surface area contributed by atoms with E-state index in [0.717, 1.165) is 37.4 Å². The predicted molar refractivity (Wildman–Crippen MR) is 78.0 cm³/mol. The zero-order chi connectivity index (χ0) is 13.9. The van der Waals surface area contributed by atoms with Crippen LogP contribution in [0.4, 0.5) is 0 Å². The van der Waals surface area contributed by atoms with Gasteiger partial charge in [0.15, 0.2) is 0 Å². The zero-order valence-corrected chi connectivity index (χ0v) is 12.0. The number of carbonyl (C=O) groups is 1. The van der Waals surface area contributed by atoms with E-state index in [2.05, 4.69) is 12.2 Å². The maximum atomic E-state index is 12.5. The molecule has 1 amide bonds. The van der Waals surface area contributed by atoms with Crippen LogP contribution in [0, 0.1) is 5.92 Å². The van der Waals surface area contributed by atoms with Crippen LogP contribution in [-0.4, -0.2) is 43.1 Å². The topological polar surface area (TPSA) is 41.6 Å². The second-order valence-corrected chi connectivity index (χ2v) is 5.70. The average Bonchev–Trinajstić information content (AvgIpc) is 3.06. The van der Waals surface area contributed by atoms with E-state index >= 15 is 0 Å². The maximum absolute atomic E-state index is 12.5. The molecule has 4 heteroatoms. The molecule has 2 atom stereocenters. The summed E-state index contributed by atoms with van der Waals surface area (Å²) in [6, 6.07) is 8.04. The van der Waals surface area contributed by atoms with E-state index in [1.54, 1.807) is 0 Å². The van der Waals surface area contributed by atoms with Gasteiger partial charge in [-0.2, -0.15) is 0 Å². The number of ether oxygens (including phenoxy) is 1. The lowest BCUT2D eigenvalue weighted by atomic mass is 10.1. The van der Waals surface area contributed by atoms with Crippen molar-refractivity contribution in [3.63, 3.8) is 0 Å².